The van der Waals surface area contributed by atoms with Gasteiger partial charge in [0.15, 0.2) is 6.10 Å². The summed E-state index contributed by atoms with van der Waals surface area (Å²) in [6.45, 7) is 1.84. The van der Waals surface area contributed by atoms with Crippen LogP contribution in [0.1, 0.15) is 32.6 Å². The van der Waals surface area contributed by atoms with Crippen LogP contribution in [-0.4, -0.2) is 15.9 Å². The van der Waals surface area contributed by atoms with E-state index in [0.29, 0.717) is 10.6 Å². The number of hydrogen-bond acceptors (Lipinski definition) is 5. The molecule has 0 unspecified atom stereocenters. The van der Waals surface area contributed by atoms with Crippen molar-refractivity contribution in [2.45, 2.75) is 13.0 Å². The van der Waals surface area contributed by atoms with Gasteiger partial charge in [0.2, 0.25) is 0 Å². The smallest absolute Gasteiger partial charge is 0.351 e. The van der Waals surface area contributed by atoms with E-state index in [2.05, 4.69) is 9.97 Å². The Labute approximate surface area is 167 Å². The van der Waals surface area contributed by atoms with Crippen LogP contribution in [0.3, 0.4) is 0 Å². The number of carbonyl (C=O) groups excluding carboxylic acids is 1. The van der Waals surface area contributed by atoms with Crippen molar-refractivity contribution in [3.63, 3.8) is 0 Å². The van der Waals surface area contributed by atoms with Crippen molar-refractivity contribution in [1.29, 1.82) is 0 Å². The second-order valence-corrected chi connectivity index (χ2v) is 7.28. The van der Waals surface area contributed by atoms with Crippen molar-refractivity contribution in [3.8, 4) is 10.6 Å². The molecule has 28 heavy (non-hydrogen) atoms. The van der Waals surface area contributed by atoms with E-state index in [4.69, 9.17) is 4.74 Å². The summed E-state index contributed by atoms with van der Waals surface area (Å²) >= 11 is 1.36. The minimum atomic E-state index is -0.502. The molecule has 0 saturated heterocycles. The Morgan fingerprint density at radius 2 is 1.50 bits per heavy atom. The average Bonchev–Trinajstić information content (AvgIpc) is 3.15. The van der Waals surface area contributed by atoms with Crippen molar-refractivity contribution in [3.05, 3.63) is 107 Å². The highest BCUT2D eigenvalue weighted by Crippen LogP contribution is 2.31. The SMILES string of the molecule is Cc1nc(-c2ccccc2)sc1C(=O)O[C@@H](c1ccccc1)c1ccncc1. The third-order valence-electron chi connectivity index (χ3n) is 4.34. The van der Waals surface area contributed by atoms with E-state index in [9.17, 15) is 4.79 Å². The minimum absolute atomic E-state index is 0.372. The summed E-state index contributed by atoms with van der Waals surface area (Å²) in [5.41, 5.74) is 3.45. The maximum absolute atomic E-state index is 13.0. The van der Waals surface area contributed by atoms with E-state index >= 15 is 0 Å². The van der Waals surface area contributed by atoms with E-state index in [1.807, 2.05) is 79.7 Å². The zero-order valence-corrected chi connectivity index (χ0v) is 16.1. The molecule has 0 N–H and O–H groups in total. The molecule has 0 spiro atoms. The van der Waals surface area contributed by atoms with Gasteiger partial charge in [-0.05, 0) is 24.6 Å². The van der Waals surface area contributed by atoms with Crippen molar-refractivity contribution in [2.75, 3.05) is 0 Å². The summed E-state index contributed by atoms with van der Waals surface area (Å²) in [7, 11) is 0. The van der Waals surface area contributed by atoms with Gasteiger partial charge >= 0.3 is 5.97 Å². The van der Waals surface area contributed by atoms with Crippen LogP contribution in [-0.2, 0) is 4.74 Å². The number of carbonyl (C=O) groups is 1. The second-order valence-electron chi connectivity index (χ2n) is 6.28. The largest absolute Gasteiger partial charge is 0.448 e. The number of hydrogen-bond donors (Lipinski definition) is 0. The zero-order valence-electron chi connectivity index (χ0n) is 15.3. The van der Waals surface area contributed by atoms with Gasteiger partial charge < -0.3 is 4.74 Å². The summed E-state index contributed by atoms with van der Waals surface area (Å²) in [5, 5.41) is 0.810. The van der Waals surface area contributed by atoms with Gasteiger partial charge in [0.25, 0.3) is 0 Å². The number of nitrogens with zero attached hydrogens (tertiary/aromatic N) is 2. The summed E-state index contributed by atoms with van der Waals surface area (Å²) in [4.78, 5) is 22.1. The Morgan fingerprint density at radius 3 is 2.18 bits per heavy atom. The van der Waals surface area contributed by atoms with E-state index < -0.39 is 6.10 Å². The summed E-state index contributed by atoms with van der Waals surface area (Å²) in [5.74, 6) is -0.372. The normalized spacial score (nSPS) is 11.8. The topological polar surface area (TPSA) is 52.1 Å². The lowest BCUT2D eigenvalue weighted by Crippen LogP contribution is -2.13. The van der Waals surface area contributed by atoms with Crippen molar-refractivity contribution in [1.82, 2.24) is 9.97 Å². The summed E-state index contributed by atoms with van der Waals surface area (Å²) in [6.07, 6.45) is 2.90. The molecule has 5 heteroatoms. The number of ether oxygens (including phenoxy) is 1. The van der Waals surface area contributed by atoms with Gasteiger partial charge in [0.05, 0.1) is 5.69 Å². The van der Waals surface area contributed by atoms with Gasteiger partial charge in [-0.1, -0.05) is 60.7 Å². The molecule has 0 aliphatic rings. The molecule has 1 atom stereocenters. The van der Waals surface area contributed by atoms with Crippen LogP contribution < -0.4 is 0 Å². The van der Waals surface area contributed by atoms with Crippen molar-refractivity contribution >= 4 is 17.3 Å². The first kappa shape index (κ1) is 18.1. The maximum Gasteiger partial charge on any atom is 0.351 e. The molecule has 138 valence electrons. The molecule has 0 aliphatic heterocycles. The quantitative estimate of drug-likeness (QED) is 0.427. The predicted molar refractivity (Wildman–Crippen MR) is 110 cm³/mol. The van der Waals surface area contributed by atoms with Crippen LogP contribution in [0.25, 0.3) is 10.6 Å². The Balaban J connectivity index is 1.65. The van der Waals surface area contributed by atoms with E-state index in [-0.39, 0.29) is 5.97 Å². The van der Waals surface area contributed by atoms with E-state index in [0.717, 1.165) is 21.7 Å². The fraction of sp³-hybridized carbons (Fsp3) is 0.0870. The number of rotatable bonds is 5. The van der Waals surface area contributed by atoms with Gasteiger partial charge in [-0.25, -0.2) is 9.78 Å². The lowest BCUT2D eigenvalue weighted by molar-refractivity contribution is 0.0382. The predicted octanol–water partition coefficient (Wildman–Crippen LogP) is 5.46. The van der Waals surface area contributed by atoms with Crippen LogP contribution in [0.5, 0.6) is 0 Å². The van der Waals surface area contributed by atoms with Gasteiger partial charge in [0, 0.05) is 23.5 Å². The third kappa shape index (κ3) is 3.85. The molecule has 4 nitrogen and oxygen atoms in total. The standard InChI is InChI=1S/C23H18N2O2S/c1-16-21(28-22(25-16)19-10-6-3-7-11-19)23(26)27-20(17-8-4-2-5-9-17)18-12-14-24-15-13-18/h2-15,20H,1H3/t20-/m0/s1. The Morgan fingerprint density at radius 1 is 0.893 bits per heavy atom. The average molecular weight is 386 g/mol. The Bertz CT molecular complexity index is 1020. The molecular formula is C23H18N2O2S. The summed E-state index contributed by atoms with van der Waals surface area (Å²) in [6, 6.07) is 23.3. The fourth-order valence-corrected chi connectivity index (χ4v) is 3.90. The minimum Gasteiger partial charge on any atom is -0.448 e. The van der Waals surface area contributed by atoms with Crippen LogP contribution in [0.2, 0.25) is 0 Å². The van der Waals surface area contributed by atoms with Gasteiger partial charge in [-0.3, -0.25) is 4.98 Å². The molecule has 0 saturated carbocycles. The first-order valence-corrected chi connectivity index (χ1v) is 9.73. The highest BCUT2D eigenvalue weighted by molar-refractivity contribution is 7.17. The number of aryl methyl sites for hydroxylation is 1. The van der Waals surface area contributed by atoms with Gasteiger partial charge in [-0.15, -0.1) is 11.3 Å². The van der Waals surface area contributed by atoms with E-state index in [1.54, 1.807) is 12.4 Å². The number of pyridine rings is 1. The van der Waals surface area contributed by atoms with Crippen molar-refractivity contribution in [2.24, 2.45) is 0 Å². The maximum atomic E-state index is 13.0. The van der Waals surface area contributed by atoms with Crippen LogP contribution in [0, 0.1) is 6.92 Å². The number of thiazole rings is 1. The van der Waals surface area contributed by atoms with E-state index in [1.165, 1.54) is 11.3 Å². The molecule has 4 rings (SSSR count). The van der Waals surface area contributed by atoms with Crippen LogP contribution in [0.4, 0.5) is 0 Å². The molecule has 2 heterocycles. The molecular weight excluding hydrogens is 368 g/mol. The van der Waals surface area contributed by atoms with Gasteiger partial charge in [0.1, 0.15) is 9.88 Å². The molecule has 2 aromatic carbocycles. The number of esters is 1. The summed E-state index contributed by atoms with van der Waals surface area (Å²) < 4.78 is 5.94. The number of aromatic nitrogens is 2. The molecule has 0 bridgehead atoms. The highest BCUT2D eigenvalue weighted by Gasteiger charge is 2.23. The van der Waals surface area contributed by atoms with Crippen LogP contribution in [0.15, 0.2) is 85.2 Å². The van der Waals surface area contributed by atoms with Crippen molar-refractivity contribution < 1.29 is 9.53 Å². The van der Waals surface area contributed by atoms with Gasteiger partial charge in [-0.2, -0.15) is 0 Å². The molecule has 0 radical (unpaired) electrons. The fourth-order valence-electron chi connectivity index (χ4n) is 2.95. The van der Waals surface area contributed by atoms with Crippen LogP contribution >= 0.6 is 11.3 Å². The number of benzene rings is 2. The molecule has 4 aromatic rings. The Hall–Kier alpha value is -3.31. The Kier molecular flexibility index (Phi) is 5.26. The highest BCUT2D eigenvalue weighted by atomic mass is 32.1. The molecule has 0 fully saturated rings. The zero-order chi connectivity index (χ0) is 19.3. The lowest BCUT2D eigenvalue weighted by atomic mass is 10.0. The molecule has 0 aliphatic carbocycles. The molecule has 2 aromatic heterocycles. The first-order valence-electron chi connectivity index (χ1n) is 8.91. The molecule has 0 amide bonds. The second kappa shape index (κ2) is 8.15. The lowest BCUT2D eigenvalue weighted by Gasteiger charge is -2.18. The third-order valence-corrected chi connectivity index (χ3v) is 5.53. The first-order chi connectivity index (χ1) is 13.7. The monoisotopic (exact) mass is 386 g/mol.